The molecule has 0 radical (unpaired) electrons. The number of anilines is 1. The number of ether oxygens (including phenoxy) is 1. The topological polar surface area (TPSA) is 67.6 Å². The first-order valence-corrected chi connectivity index (χ1v) is 6.13. The fourth-order valence-corrected chi connectivity index (χ4v) is 2.21. The molecule has 1 saturated heterocycles. The number of hydrogen-bond donors (Lipinski definition) is 2. The Morgan fingerprint density at radius 3 is 2.89 bits per heavy atom. The molecule has 0 aromatic heterocycles. The Labute approximate surface area is 111 Å². The van der Waals surface area contributed by atoms with Gasteiger partial charge < -0.3 is 15.1 Å². The summed E-state index contributed by atoms with van der Waals surface area (Å²) >= 11 is 0. The van der Waals surface area contributed by atoms with Crippen LogP contribution in [0.3, 0.4) is 0 Å². The van der Waals surface area contributed by atoms with Crippen molar-refractivity contribution < 1.29 is 13.9 Å². The number of halogens is 1. The van der Waals surface area contributed by atoms with Crippen molar-refractivity contribution in [3.05, 3.63) is 29.6 Å². The molecule has 0 spiro atoms. The number of amides is 1. The van der Waals surface area contributed by atoms with Gasteiger partial charge in [0.05, 0.1) is 23.5 Å². The molecule has 0 unspecified atom stereocenters. The largest absolute Gasteiger partial charge is 0.372 e. The molecule has 1 fully saturated rings. The van der Waals surface area contributed by atoms with E-state index in [1.54, 1.807) is 11.0 Å². The highest BCUT2D eigenvalue weighted by Gasteiger charge is 2.31. The molecule has 0 atom stereocenters. The van der Waals surface area contributed by atoms with E-state index < -0.39 is 11.4 Å². The van der Waals surface area contributed by atoms with E-state index in [0.717, 1.165) is 0 Å². The molecule has 0 bridgehead atoms. The highest BCUT2D eigenvalue weighted by Crippen LogP contribution is 2.23. The molecule has 1 aliphatic rings. The van der Waals surface area contributed by atoms with Crippen molar-refractivity contribution >= 4 is 11.6 Å². The quantitative estimate of drug-likeness (QED) is 0.627. The first kappa shape index (κ1) is 13.8. The van der Waals surface area contributed by atoms with Crippen LogP contribution in [0.1, 0.15) is 24.2 Å². The normalized spacial score (nSPS) is 18.2. The van der Waals surface area contributed by atoms with Crippen LogP contribution in [0.5, 0.6) is 0 Å². The number of carbonyl (C=O) groups is 1. The van der Waals surface area contributed by atoms with Gasteiger partial charge in [0.25, 0.3) is 5.91 Å². The molecule has 19 heavy (non-hydrogen) atoms. The highest BCUT2D eigenvalue weighted by atomic mass is 19.1. The molecule has 2 rings (SSSR count). The lowest BCUT2D eigenvalue weighted by atomic mass is 10.1. The number of rotatable bonds is 2. The highest BCUT2D eigenvalue weighted by molar-refractivity contribution is 5.99. The minimum atomic E-state index is -0.541. The van der Waals surface area contributed by atoms with Gasteiger partial charge in [0, 0.05) is 13.1 Å². The molecule has 1 aromatic carbocycles. The van der Waals surface area contributed by atoms with E-state index in [0.29, 0.717) is 19.7 Å². The van der Waals surface area contributed by atoms with Gasteiger partial charge in [0.1, 0.15) is 5.82 Å². The second kappa shape index (κ2) is 5.14. The van der Waals surface area contributed by atoms with E-state index in [9.17, 15) is 9.18 Å². The maximum absolute atomic E-state index is 13.6. The summed E-state index contributed by atoms with van der Waals surface area (Å²) in [5, 5.41) is 0. The number of hydrazine groups is 1. The summed E-state index contributed by atoms with van der Waals surface area (Å²) in [5.74, 6) is 4.50. The molecule has 1 aromatic rings. The lowest BCUT2D eigenvalue weighted by Gasteiger charge is -2.38. The van der Waals surface area contributed by atoms with E-state index in [-0.39, 0.29) is 17.2 Å². The second-order valence-corrected chi connectivity index (χ2v) is 5.14. The van der Waals surface area contributed by atoms with Gasteiger partial charge in [-0.3, -0.25) is 10.6 Å². The minimum Gasteiger partial charge on any atom is -0.372 e. The Bertz CT molecular complexity index is 491. The summed E-state index contributed by atoms with van der Waals surface area (Å²) in [4.78, 5) is 14.1. The van der Waals surface area contributed by atoms with Crippen LogP contribution < -0.4 is 11.3 Å². The predicted octanol–water partition coefficient (Wildman–Crippen LogP) is 1.36. The van der Waals surface area contributed by atoms with Crippen LogP contribution in [-0.4, -0.2) is 36.1 Å². The Morgan fingerprint density at radius 2 is 2.26 bits per heavy atom. The molecule has 3 N–H and O–H groups in total. The average molecular weight is 267 g/mol. The molecule has 1 heterocycles. The number of nitrogens with zero attached hydrogens (tertiary/aromatic N) is 1. The van der Waals surface area contributed by atoms with Crippen molar-refractivity contribution in [2.75, 3.05) is 25.1 Å². The van der Waals surface area contributed by atoms with Gasteiger partial charge in [-0.1, -0.05) is 6.07 Å². The average Bonchev–Trinajstić information content (AvgIpc) is 2.36. The first-order valence-electron chi connectivity index (χ1n) is 6.13. The number of nitrogens with two attached hydrogens (primary N) is 1. The zero-order valence-electron chi connectivity index (χ0n) is 11.1. The van der Waals surface area contributed by atoms with Gasteiger partial charge in [-0.05, 0) is 26.0 Å². The lowest BCUT2D eigenvalue weighted by molar-refractivity contribution is -0.0763. The van der Waals surface area contributed by atoms with Gasteiger partial charge in [0.2, 0.25) is 0 Å². The molecule has 0 aliphatic carbocycles. The fraction of sp³-hybridized carbons (Fsp3) is 0.462. The standard InChI is InChI=1S/C13H18FN3O2/c1-13(2)8-17(6-7-19-13)12(18)9-4-3-5-10(14)11(9)16-15/h3-5,16H,6-8,15H2,1-2H3. The zero-order chi connectivity index (χ0) is 14.0. The molecule has 5 nitrogen and oxygen atoms in total. The predicted molar refractivity (Wildman–Crippen MR) is 70.1 cm³/mol. The van der Waals surface area contributed by atoms with Gasteiger partial charge in [0.15, 0.2) is 0 Å². The third-order valence-electron chi connectivity index (χ3n) is 3.10. The van der Waals surface area contributed by atoms with Crippen molar-refractivity contribution in [1.29, 1.82) is 0 Å². The molecule has 1 amide bonds. The van der Waals surface area contributed by atoms with E-state index in [1.807, 2.05) is 13.8 Å². The third-order valence-corrected chi connectivity index (χ3v) is 3.10. The van der Waals surface area contributed by atoms with Crippen LogP contribution in [0.25, 0.3) is 0 Å². The van der Waals surface area contributed by atoms with Gasteiger partial charge in [-0.25, -0.2) is 4.39 Å². The number of morpholine rings is 1. The third kappa shape index (κ3) is 2.85. The van der Waals surface area contributed by atoms with Crippen LogP contribution in [0.4, 0.5) is 10.1 Å². The smallest absolute Gasteiger partial charge is 0.256 e. The Kier molecular flexibility index (Phi) is 3.73. The molecular formula is C13H18FN3O2. The summed E-state index contributed by atoms with van der Waals surface area (Å²) < 4.78 is 19.1. The fourth-order valence-electron chi connectivity index (χ4n) is 2.21. The molecule has 6 heteroatoms. The summed E-state index contributed by atoms with van der Waals surface area (Å²) in [6, 6.07) is 4.31. The maximum atomic E-state index is 13.6. The second-order valence-electron chi connectivity index (χ2n) is 5.14. The van der Waals surface area contributed by atoms with Crippen molar-refractivity contribution in [3.8, 4) is 0 Å². The van der Waals surface area contributed by atoms with E-state index in [4.69, 9.17) is 10.6 Å². The van der Waals surface area contributed by atoms with Crippen LogP contribution in [0, 0.1) is 5.82 Å². The lowest BCUT2D eigenvalue weighted by Crippen LogP contribution is -2.50. The van der Waals surface area contributed by atoms with Crippen molar-refractivity contribution in [2.45, 2.75) is 19.4 Å². The van der Waals surface area contributed by atoms with Crippen molar-refractivity contribution in [2.24, 2.45) is 5.84 Å². The molecule has 104 valence electrons. The molecular weight excluding hydrogens is 249 g/mol. The van der Waals surface area contributed by atoms with Crippen molar-refractivity contribution in [1.82, 2.24) is 4.90 Å². The number of benzene rings is 1. The maximum Gasteiger partial charge on any atom is 0.256 e. The Hall–Kier alpha value is -1.66. The first-order chi connectivity index (χ1) is 8.94. The summed E-state index contributed by atoms with van der Waals surface area (Å²) in [6.07, 6.45) is 0. The van der Waals surface area contributed by atoms with Crippen LogP contribution in [0.2, 0.25) is 0 Å². The molecule has 0 saturated carbocycles. The van der Waals surface area contributed by atoms with Gasteiger partial charge in [-0.15, -0.1) is 0 Å². The van der Waals surface area contributed by atoms with Gasteiger partial charge in [-0.2, -0.15) is 0 Å². The molecule has 1 aliphatic heterocycles. The summed E-state index contributed by atoms with van der Waals surface area (Å²) in [7, 11) is 0. The van der Waals surface area contributed by atoms with E-state index in [2.05, 4.69) is 5.43 Å². The Morgan fingerprint density at radius 1 is 1.53 bits per heavy atom. The number of hydrogen-bond acceptors (Lipinski definition) is 4. The van der Waals surface area contributed by atoms with Gasteiger partial charge >= 0.3 is 0 Å². The SMILES string of the molecule is CC1(C)CN(C(=O)c2cccc(F)c2NN)CCO1. The van der Waals surface area contributed by atoms with Crippen LogP contribution >= 0.6 is 0 Å². The monoisotopic (exact) mass is 267 g/mol. The minimum absolute atomic E-state index is 0.0248. The summed E-state index contributed by atoms with van der Waals surface area (Å²) in [6.45, 7) is 5.26. The number of nitrogen functional groups attached to an aromatic ring is 1. The number of carbonyl (C=O) groups excluding carboxylic acids is 1. The van der Waals surface area contributed by atoms with Crippen LogP contribution in [0.15, 0.2) is 18.2 Å². The number of nitrogens with one attached hydrogen (secondary N) is 1. The Balaban J connectivity index is 2.27. The zero-order valence-corrected chi connectivity index (χ0v) is 11.1. The summed E-state index contributed by atoms with van der Waals surface area (Å²) in [5.41, 5.74) is 2.12. The van der Waals surface area contributed by atoms with E-state index >= 15 is 0 Å². The van der Waals surface area contributed by atoms with Crippen LogP contribution in [-0.2, 0) is 4.74 Å². The van der Waals surface area contributed by atoms with Crippen molar-refractivity contribution in [3.63, 3.8) is 0 Å². The van der Waals surface area contributed by atoms with E-state index in [1.165, 1.54) is 12.1 Å². The number of para-hydroxylation sites is 1.